The van der Waals surface area contributed by atoms with Gasteiger partial charge in [0.1, 0.15) is 5.02 Å². The fraction of sp³-hybridized carbons (Fsp3) is 0.519. The number of hydrogen-bond acceptors (Lipinski definition) is 8. The van der Waals surface area contributed by atoms with Crippen molar-refractivity contribution in [1.82, 2.24) is 19.4 Å². The molecule has 3 aliphatic rings. The third kappa shape index (κ3) is 4.98. The summed E-state index contributed by atoms with van der Waals surface area (Å²) in [5.41, 5.74) is 1.07. The third-order valence-electron chi connectivity index (χ3n) is 7.79. The summed E-state index contributed by atoms with van der Waals surface area (Å²) in [6.45, 7) is 4.91. The molecule has 9 nitrogen and oxygen atoms in total. The molecule has 2 atom stereocenters. The molecule has 39 heavy (non-hydrogen) atoms. The van der Waals surface area contributed by atoms with E-state index in [9.17, 15) is 13.6 Å². The van der Waals surface area contributed by atoms with Crippen LogP contribution in [0.25, 0.3) is 10.9 Å². The number of anilines is 4. The second-order valence-electron chi connectivity index (χ2n) is 11.1. The van der Waals surface area contributed by atoms with E-state index in [2.05, 4.69) is 39.4 Å². The van der Waals surface area contributed by atoms with Gasteiger partial charge in [-0.05, 0) is 49.9 Å². The molecule has 0 radical (unpaired) electrons. The number of halogens is 3. The highest BCUT2D eigenvalue weighted by atomic mass is 35.5. The van der Waals surface area contributed by atoms with Crippen molar-refractivity contribution in [3.8, 4) is 5.75 Å². The summed E-state index contributed by atoms with van der Waals surface area (Å²) in [5, 5.41) is 7.23. The maximum atomic E-state index is 14.9. The van der Waals surface area contributed by atoms with E-state index in [0.717, 1.165) is 39.0 Å². The summed E-state index contributed by atoms with van der Waals surface area (Å²) >= 11 is 6.49. The van der Waals surface area contributed by atoms with Gasteiger partial charge in [0, 0.05) is 44.3 Å². The summed E-state index contributed by atoms with van der Waals surface area (Å²) < 4.78 is 36.8. The maximum absolute atomic E-state index is 14.9. The number of aryl methyl sites for hydroxylation is 1. The largest absolute Gasteiger partial charge is 0.480 e. The molecule has 208 valence electrons. The minimum absolute atomic E-state index is 0.0902. The van der Waals surface area contributed by atoms with E-state index in [4.69, 9.17) is 21.3 Å². The summed E-state index contributed by atoms with van der Waals surface area (Å²) in [4.78, 5) is 26.7. The summed E-state index contributed by atoms with van der Waals surface area (Å²) in [7, 11) is 3.72. The first-order chi connectivity index (χ1) is 18.6. The third-order valence-corrected chi connectivity index (χ3v) is 8.07. The maximum Gasteiger partial charge on any atom is 0.301 e. The molecular formula is C27H32ClF2N7O2. The molecule has 0 bridgehead atoms. The van der Waals surface area contributed by atoms with Crippen LogP contribution in [0.4, 0.5) is 31.9 Å². The molecule has 1 saturated heterocycles. The fourth-order valence-electron chi connectivity index (χ4n) is 5.64. The Bertz CT molecular complexity index is 1480. The van der Waals surface area contributed by atoms with Crippen molar-refractivity contribution in [2.45, 2.75) is 31.7 Å². The van der Waals surface area contributed by atoms with Gasteiger partial charge in [-0.2, -0.15) is 4.98 Å². The predicted octanol–water partition coefficient (Wildman–Crippen LogP) is 4.33. The number of alkyl halides is 2. The van der Waals surface area contributed by atoms with Crippen LogP contribution in [0.1, 0.15) is 19.8 Å². The molecule has 0 spiro atoms. The number of nitrogens with zero attached hydrogens (tertiary/aromatic N) is 5. The predicted molar refractivity (Wildman–Crippen MR) is 149 cm³/mol. The van der Waals surface area contributed by atoms with Crippen LogP contribution >= 0.6 is 11.6 Å². The number of hydrogen-bond donors (Lipinski definition) is 2. The molecule has 4 heterocycles. The molecule has 6 rings (SSSR count). The normalized spacial score (nSPS) is 23.4. The number of likely N-dealkylation sites (N-methyl/N-ethyl adjacent to an activating group) is 1. The van der Waals surface area contributed by atoms with E-state index in [0.29, 0.717) is 45.0 Å². The van der Waals surface area contributed by atoms with E-state index < -0.39 is 24.1 Å². The van der Waals surface area contributed by atoms with Crippen LogP contribution in [-0.2, 0) is 7.05 Å². The summed E-state index contributed by atoms with van der Waals surface area (Å²) in [5.74, 6) is -1.86. The van der Waals surface area contributed by atoms with Crippen molar-refractivity contribution in [3.05, 3.63) is 39.8 Å². The number of pyridine rings is 1. The Morgan fingerprint density at radius 1 is 1.21 bits per heavy atom. The molecule has 2 aromatic heterocycles. The molecule has 2 unspecified atom stereocenters. The highest BCUT2D eigenvalue weighted by Gasteiger charge is 2.51. The lowest BCUT2D eigenvalue weighted by Gasteiger charge is -2.25. The molecule has 2 N–H and O–H groups in total. The summed E-state index contributed by atoms with van der Waals surface area (Å²) in [6.07, 6.45) is 3.03. The van der Waals surface area contributed by atoms with Gasteiger partial charge in [0.05, 0.1) is 23.4 Å². The SMILES string of the molecule is CC1CN(C)CCN(c2ncc(Cl)c(Nc3ccc4c(c3)c3c(c(=O)n4C)OCC(F)(F)C(C4CC4)N3)n2)C1. The Kier molecular flexibility index (Phi) is 6.53. The first-order valence-electron chi connectivity index (χ1n) is 13.3. The second kappa shape index (κ2) is 9.78. The number of fused-ring (bicyclic) bond motifs is 3. The Balaban J connectivity index is 1.37. The van der Waals surface area contributed by atoms with Crippen LogP contribution < -0.4 is 25.8 Å². The first-order valence-corrected chi connectivity index (χ1v) is 13.7. The Hall–Kier alpha value is -3.18. The number of ether oxygens (including phenoxy) is 1. The lowest BCUT2D eigenvalue weighted by atomic mass is 10.0. The number of nitrogens with one attached hydrogen (secondary N) is 2. The highest BCUT2D eigenvalue weighted by Crippen LogP contribution is 2.45. The molecule has 12 heteroatoms. The van der Waals surface area contributed by atoms with Crippen molar-refractivity contribution in [3.63, 3.8) is 0 Å². The van der Waals surface area contributed by atoms with Crippen molar-refractivity contribution in [1.29, 1.82) is 0 Å². The molecule has 2 aliphatic heterocycles. The standard InChI is InChI=1S/C27H32ClF2N7O2/c1-15-12-35(2)8-9-37(13-15)26-31-11-19(28)24(34-26)32-17-6-7-20-18(10-17)21-22(25(38)36(20)3)39-14-27(29,30)23(33-21)16-4-5-16/h6-7,10-11,15-16,23,33H,4-5,8-9,12-14H2,1-3H3,(H,31,32,34). The van der Waals surface area contributed by atoms with Crippen LogP contribution in [0.3, 0.4) is 0 Å². The van der Waals surface area contributed by atoms with Crippen molar-refractivity contribution < 1.29 is 13.5 Å². The second-order valence-corrected chi connectivity index (χ2v) is 11.5. The monoisotopic (exact) mass is 559 g/mol. The molecule has 1 aliphatic carbocycles. The van der Waals surface area contributed by atoms with Gasteiger partial charge in [0.2, 0.25) is 11.7 Å². The minimum Gasteiger partial charge on any atom is -0.480 e. The fourth-order valence-corrected chi connectivity index (χ4v) is 5.78. The van der Waals surface area contributed by atoms with Gasteiger partial charge < -0.3 is 29.7 Å². The van der Waals surface area contributed by atoms with Gasteiger partial charge in [-0.15, -0.1) is 0 Å². The van der Waals surface area contributed by atoms with E-state index in [1.807, 2.05) is 0 Å². The lowest BCUT2D eigenvalue weighted by Crippen LogP contribution is -2.44. The van der Waals surface area contributed by atoms with Crippen LogP contribution in [0.2, 0.25) is 5.02 Å². The number of aromatic nitrogens is 3. The van der Waals surface area contributed by atoms with Crippen LogP contribution in [0.15, 0.2) is 29.2 Å². The van der Waals surface area contributed by atoms with Crippen molar-refractivity contribution in [2.75, 3.05) is 55.4 Å². The topological polar surface area (TPSA) is 87.5 Å². The lowest BCUT2D eigenvalue weighted by molar-refractivity contribution is -0.0579. The van der Waals surface area contributed by atoms with Crippen LogP contribution in [0.5, 0.6) is 5.75 Å². The van der Waals surface area contributed by atoms with Gasteiger partial charge in [0.15, 0.2) is 12.4 Å². The van der Waals surface area contributed by atoms with E-state index in [-0.39, 0.29) is 11.7 Å². The first kappa shape index (κ1) is 26.1. The minimum atomic E-state index is -3.10. The zero-order valence-corrected chi connectivity index (χ0v) is 22.9. The zero-order chi connectivity index (χ0) is 27.5. The Labute approximate surface area is 230 Å². The van der Waals surface area contributed by atoms with E-state index >= 15 is 0 Å². The number of benzene rings is 1. The van der Waals surface area contributed by atoms with Crippen LogP contribution in [0, 0.1) is 11.8 Å². The molecule has 1 saturated carbocycles. The van der Waals surface area contributed by atoms with Gasteiger partial charge in [-0.1, -0.05) is 18.5 Å². The van der Waals surface area contributed by atoms with Crippen LogP contribution in [-0.4, -0.2) is 71.2 Å². The smallest absolute Gasteiger partial charge is 0.301 e. The molecule has 1 aromatic carbocycles. The average molecular weight is 560 g/mol. The molecule has 0 amide bonds. The molecular weight excluding hydrogens is 528 g/mol. The van der Waals surface area contributed by atoms with Gasteiger partial charge in [-0.3, -0.25) is 4.79 Å². The molecule has 2 fully saturated rings. The average Bonchev–Trinajstić information content (AvgIpc) is 3.74. The van der Waals surface area contributed by atoms with Gasteiger partial charge in [0.25, 0.3) is 5.56 Å². The van der Waals surface area contributed by atoms with E-state index in [1.165, 1.54) is 4.57 Å². The van der Waals surface area contributed by atoms with Gasteiger partial charge >= 0.3 is 5.92 Å². The highest BCUT2D eigenvalue weighted by molar-refractivity contribution is 6.32. The van der Waals surface area contributed by atoms with E-state index in [1.54, 1.807) is 31.4 Å². The van der Waals surface area contributed by atoms with Crippen molar-refractivity contribution >= 4 is 45.6 Å². The van der Waals surface area contributed by atoms with Gasteiger partial charge in [-0.25, -0.2) is 13.8 Å². The Morgan fingerprint density at radius 3 is 2.77 bits per heavy atom. The zero-order valence-electron chi connectivity index (χ0n) is 22.2. The number of rotatable bonds is 4. The quantitative estimate of drug-likeness (QED) is 0.488. The van der Waals surface area contributed by atoms with Crippen molar-refractivity contribution in [2.24, 2.45) is 18.9 Å². The Morgan fingerprint density at radius 2 is 2.00 bits per heavy atom. The molecule has 3 aromatic rings. The summed E-state index contributed by atoms with van der Waals surface area (Å²) in [6, 6.07) is 4.29.